The number of nitrogens with one attached hydrogen (secondary N) is 1. The van der Waals surface area contributed by atoms with Gasteiger partial charge in [-0.25, -0.2) is 0 Å². The van der Waals surface area contributed by atoms with Crippen LogP contribution in [0.15, 0.2) is 53.0 Å². The summed E-state index contributed by atoms with van der Waals surface area (Å²) < 4.78 is 1.19. The van der Waals surface area contributed by atoms with Gasteiger partial charge in [0.25, 0.3) is 0 Å². The van der Waals surface area contributed by atoms with Crippen LogP contribution >= 0.6 is 15.9 Å². The van der Waals surface area contributed by atoms with E-state index in [1.165, 1.54) is 21.2 Å². The molecular weight excluding hydrogens is 298 g/mol. The molecule has 2 rings (SSSR count). The van der Waals surface area contributed by atoms with Crippen LogP contribution in [0.5, 0.6) is 0 Å². The maximum absolute atomic E-state index is 3.69. The number of benzene rings is 2. The first-order chi connectivity index (χ1) is 9.20. The van der Waals surface area contributed by atoms with E-state index in [2.05, 4.69) is 83.6 Å². The van der Waals surface area contributed by atoms with Crippen molar-refractivity contribution in [3.05, 3.63) is 69.7 Å². The average molecular weight is 318 g/mol. The molecule has 1 unspecified atom stereocenters. The third kappa shape index (κ3) is 3.92. The molecule has 0 spiro atoms. The van der Waals surface area contributed by atoms with E-state index in [1.54, 1.807) is 0 Å². The zero-order valence-corrected chi connectivity index (χ0v) is 13.1. The zero-order chi connectivity index (χ0) is 13.7. The van der Waals surface area contributed by atoms with Crippen LogP contribution < -0.4 is 5.32 Å². The molecule has 1 atom stereocenters. The molecule has 1 nitrogen and oxygen atoms in total. The van der Waals surface area contributed by atoms with Gasteiger partial charge >= 0.3 is 0 Å². The summed E-state index contributed by atoms with van der Waals surface area (Å²) in [7, 11) is 0. The molecule has 1 N–H and O–H groups in total. The Morgan fingerprint density at radius 1 is 1.11 bits per heavy atom. The summed E-state index contributed by atoms with van der Waals surface area (Å²) in [6.07, 6.45) is 1.01. The van der Waals surface area contributed by atoms with E-state index >= 15 is 0 Å². The molecule has 100 valence electrons. The maximum Gasteiger partial charge on any atom is 0.0372 e. The Hall–Kier alpha value is -1.12. The highest BCUT2D eigenvalue weighted by molar-refractivity contribution is 9.10. The molecule has 0 saturated heterocycles. The number of hydrogen-bond acceptors (Lipinski definition) is 1. The van der Waals surface area contributed by atoms with Crippen LogP contribution in [0.2, 0.25) is 0 Å². The second-order valence-corrected chi connectivity index (χ2v) is 5.68. The Kier molecular flexibility index (Phi) is 5.17. The van der Waals surface area contributed by atoms with Gasteiger partial charge in [-0.15, -0.1) is 0 Å². The van der Waals surface area contributed by atoms with Crippen molar-refractivity contribution in [3.8, 4) is 0 Å². The summed E-state index contributed by atoms with van der Waals surface area (Å²) in [5, 5.41) is 3.58. The minimum Gasteiger partial charge on any atom is -0.310 e. The van der Waals surface area contributed by atoms with Crippen molar-refractivity contribution < 1.29 is 0 Å². The van der Waals surface area contributed by atoms with Gasteiger partial charge in [0.1, 0.15) is 0 Å². The molecule has 2 aromatic carbocycles. The third-order valence-electron chi connectivity index (χ3n) is 3.26. The largest absolute Gasteiger partial charge is 0.310 e. The highest BCUT2D eigenvalue weighted by Gasteiger charge is 2.14. The Morgan fingerprint density at radius 2 is 1.84 bits per heavy atom. The van der Waals surface area contributed by atoms with Gasteiger partial charge in [-0.1, -0.05) is 65.3 Å². The van der Waals surface area contributed by atoms with Gasteiger partial charge in [-0.3, -0.25) is 0 Å². The molecule has 0 aliphatic carbocycles. The SMILES string of the molecule is CCNC(Cc1ccccc1)c1ccc(C)cc1Br. The lowest BCUT2D eigenvalue weighted by Crippen LogP contribution is -2.23. The van der Waals surface area contributed by atoms with Gasteiger partial charge in [0.15, 0.2) is 0 Å². The number of aryl methyl sites for hydroxylation is 1. The molecule has 0 saturated carbocycles. The molecule has 0 amide bonds. The van der Waals surface area contributed by atoms with Crippen LogP contribution in [-0.2, 0) is 6.42 Å². The van der Waals surface area contributed by atoms with Gasteiger partial charge in [-0.2, -0.15) is 0 Å². The highest BCUT2D eigenvalue weighted by Crippen LogP contribution is 2.27. The van der Waals surface area contributed by atoms with E-state index in [0.717, 1.165) is 13.0 Å². The van der Waals surface area contributed by atoms with Crippen LogP contribution in [-0.4, -0.2) is 6.54 Å². The second kappa shape index (κ2) is 6.88. The molecule has 0 aliphatic rings. The number of likely N-dealkylation sites (N-methyl/N-ethyl adjacent to an activating group) is 1. The predicted molar refractivity (Wildman–Crippen MR) is 85.4 cm³/mol. The molecule has 0 heterocycles. The van der Waals surface area contributed by atoms with E-state index in [1.807, 2.05) is 0 Å². The fourth-order valence-electron chi connectivity index (χ4n) is 2.30. The van der Waals surface area contributed by atoms with Crippen LogP contribution in [0.25, 0.3) is 0 Å². The quantitative estimate of drug-likeness (QED) is 0.846. The average Bonchev–Trinajstić information content (AvgIpc) is 2.39. The van der Waals surface area contributed by atoms with E-state index in [4.69, 9.17) is 0 Å². The summed E-state index contributed by atoms with van der Waals surface area (Å²) in [5.74, 6) is 0. The summed E-state index contributed by atoms with van der Waals surface area (Å²) >= 11 is 3.69. The van der Waals surface area contributed by atoms with Crippen molar-refractivity contribution in [2.45, 2.75) is 26.3 Å². The van der Waals surface area contributed by atoms with Crippen LogP contribution in [0.1, 0.15) is 29.7 Å². The summed E-state index contributed by atoms with van der Waals surface area (Å²) in [6, 6.07) is 17.6. The predicted octanol–water partition coefficient (Wildman–Crippen LogP) is 4.65. The van der Waals surface area contributed by atoms with Gasteiger partial charge in [0, 0.05) is 10.5 Å². The molecule has 2 aromatic rings. The fraction of sp³-hybridized carbons (Fsp3) is 0.294. The topological polar surface area (TPSA) is 12.0 Å². The van der Waals surface area contributed by atoms with Crippen LogP contribution in [0.3, 0.4) is 0 Å². The standard InChI is InChI=1S/C17H20BrN/c1-3-19-17(12-14-7-5-4-6-8-14)15-10-9-13(2)11-16(15)18/h4-11,17,19H,3,12H2,1-2H3. The first-order valence-corrected chi connectivity index (χ1v) is 7.53. The Bertz CT molecular complexity index is 522. The second-order valence-electron chi connectivity index (χ2n) is 4.82. The van der Waals surface area contributed by atoms with E-state index in [-0.39, 0.29) is 0 Å². The van der Waals surface area contributed by atoms with Gasteiger partial charge < -0.3 is 5.32 Å². The van der Waals surface area contributed by atoms with Gasteiger partial charge in [0.05, 0.1) is 0 Å². The summed E-state index contributed by atoms with van der Waals surface area (Å²) in [4.78, 5) is 0. The van der Waals surface area contributed by atoms with E-state index in [9.17, 15) is 0 Å². The third-order valence-corrected chi connectivity index (χ3v) is 3.95. The highest BCUT2D eigenvalue weighted by atomic mass is 79.9. The van der Waals surface area contributed by atoms with Crippen molar-refractivity contribution in [1.82, 2.24) is 5.32 Å². The summed E-state index contributed by atoms with van der Waals surface area (Å²) in [6.45, 7) is 5.24. The Morgan fingerprint density at radius 3 is 2.47 bits per heavy atom. The maximum atomic E-state index is 3.69. The first-order valence-electron chi connectivity index (χ1n) is 6.74. The lowest BCUT2D eigenvalue weighted by molar-refractivity contribution is 0.548. The first kappa shape index (κ1) is 14.3. The fourth-order valence-corrected chi connectivity index (χ4v) is 3.07. The van der Waals surface area contributed by atoms with Gasteiger partial charge in [0.2, 0.25) is 0 Å². The lowest BCUT2D eigenvalue weighted by Gasteiger charge is -2.20. The van der Waals surface area contributed by atoms with Crippen LogP contribution in [0.4, 0.5) is 0 Å². The monoisotopic (exact) mass is 317 g/mol. The zero-order valence-electron chi connectivity index (χ0n) is 11.5. The minimum absolute atomic E-state index is 0.349. The molecule has 0 aliphatic heterocycles. The van der Waals surface area contributed by atoms with Crippen molar-refractivity contribution >= 4 is 15.9 Å². The summed E-state index contributed by atoms with van der Waals surface area (Å²) in [5.41, 5.74) is 3.97. The van der Waals surface area contributed by atoms with E-state index < -0.39 is 0 Å². The molecule has 0 bridgehead atoms. The Balaban J connectivity index is 2.24. The molecular formula is C17H20BrN. The lowest BCUT2D eigenvalue weighted by atomic mass is 9.98. The number of hydrogen-bond donors (Lipinski definition) is 1. The molecule has 0 fully saturated rings. The van der Waals surface area contributed by atoms with E-state index in [0.29, 0.717) is 6.04 Å². The molecule has 2 heteroatoms. The van der Waals surface area contributed by atoms with Crippen LogP contribution in [0, 0.1) is 6.92 Å². The molecule has 0 radical (unpaired) electrons. The molecule has 0 aromatic heterocycles. The number of halogens is 1. The van der Waals surface area contributed by atoms with Gasteiger partial charge in [-0.05, 0) is 42.6 Å². The minimum atomic E-state index is 0.349. The van der Waals surface area contributed by atoms with Crippen molar-refractivity contribution in [3.63, 3.8) is 0 Å². The smallest absolute Gasteiger partial charge is 0.0372 e. The van der Waals surface area contributed by atoms with Crippen molar-refractivity contribution in [2.24, 2.45) is 0 Å². The Labute approximate surface area is 124 Å². The normalized spacial score (nSPS) is 12.4. The van der Waals surface area contributed by atoms with Crippen molar-refractivity contribution in [2.75, 3.05) is 6.54 Å². The number of rotatable bonds is 5. The molecule has 19 heavy (non-hydrogen) atoms. The van der Waals surface area contributed by atoms with Crippen molar-refractivity contribution in [1.29, 1.82) is 0 Å².